The average Bonchev–Trinajstić information content (AvgIpc) is 2.44. The number of ether oxygens (including phenoxy) is 1. The summed E-state index contributed by atoms with van der Waals surface area (Å²) in [6.45, 7) is 5.26. The van der Waals surface area contributed by atoms with E-state index in [0.29, 0.717) is 41.9 Å². The van der Waals surface area contributed by atoms with Gasteiger partial charge in [-0.3, -0.25) is 4.79 Å². The monoisotopic (exact) mass is 298 g/mol. The van der Waals surface area contributed by atoms with Crippen LogP contribution in [0.2, 0.25) is 5.02 Å². The second-order valence-corrected chi connectivity index (χ2v) is 5.35. The zero-order chi connectivity index (χ0) is 15.0. The molecule has 0 aliphatic rings. The molecule has 0 heterocycles. The molecule has 4 nitrogen and oxygen atoms in total. The number of halogens is 1. The van der Waals surface area contributed by atoms with Crippen LogP contribution in [0.5, 0.6) is 5.75 Å². The first-order valence-corrected chi connectivity index (χ1v) is 7.36. The Kier molecular flexibility index (Phi) is 7.41. The van der Waals surface area contributed by atoms with E-state index in [2.05, 4.69) is 5.32 Å². The first-order valence-electron chi connectivity index (χ1n) is 6.99. The van der Waals surface area contributed by atoms with Crippen LogP contribution in [0.1, 0.15) is 33.1 Å². The molecule has 1 rings (SSSR count). The van der Waals surface area contributed by atoms with Crippen LogP contribution in [0.15, 0.2) is 18.2 Å². The van der Waals surface area contributed by atoms with Crippen molar-refractivity contribution in [2.24, 2.45) is 11.7 Å². The van der Waals surface area contributed by atoms with Gasteiger partial charge in [-0.05, 0) is 43.5 Å². The normalized spacial score (nSPS) is 12.0. The van der Waals surface area contributed by atoms with Crippen molar-refractivity contribution in [2.75, 3.05) is 18.5 Å². The van der Waals surface area contributed by atoms with Gasteiger partial charge >= 0.3 is 0 Å². The largest absolute Gasteiger partial charge is 0.491 e. The van der Waals surface area contributed by atoms with Crippen LogP contribution in [0.25, 0.3) is 0 Å². The maximum Gasteiger partial charge on any atom is 0.224 e. The molecule has 1 unspecified atom stereocenters. The first-order chi connectivity index (χ1) is 9.56. The quantitative estimate of drug-likeness (QED) is 0.772. The minimum absolute atomic E-state index is 0.0473. The Morgan fingerprint density at radius 1 is 1.50 bits per heavy atom. The van der Waals surface area contributed by atoms with E-state index in [4.69, 9.17) is 22.1 Å². The Bertz CT molecular complexity index is 438. The van der Waals surface area contributed by atoms with Crippen LogP contribution in [0.4, 0.5) is 5.69 Å². The van der Waals surface area contributed by atoms with Crippen molar-refractivity contribution in [3.05, 3.63) is 23.2 Å². The number of benzene rings is 1. The van der Waals surface area contributed by atoms with Gasteiger partial charge in [0.25, 0.3) is 0 Å². The molecular formula is C15H23ClN2O2. The molecule has 0 bridgehead atoms. The van der Waals surface area contributed by atoms with E-state index in [9.17, 15) is 4.79 Å². The van der Waals surface area contributed by atoms with Gasteiger partial charge in [0.1, 0.15) is 5.75 Å². The second kappa shape index (κ2) is 8.82. The van der Waals surface area contributed by atoms with Crippen molar-refractivity contribution in [2.45, 2.75) is 33.1 Å². The fourth-order valence-corrected chi connectivity index (χ4v) is 1.82. The summed E-state index contributed by atoms with van der Waals surface area (Å²) in [6, 6.07) is 5.23. The van der Waals surface area contributed by atoms with Gasteiger partial charge in [0, 0.05) is 11.4 Å². The van der Waals surface area contributed by atoms with Crippen molar-refractivity contribution >= 4 is 23.2 Å². The Hall–Kier alpha value is -1.26. The van der Waals surface area contributed by atoms with Gasteiger partial charge in [-0.2, -0.15) is 0 Å². The van der Waals surface area contributed by atoms with Gasteiger partial charge in [0.05, 0.1) is 12.3 Å². The molecule has 20 heavy (non-hydrogen) atoms. The molecule has 0 saturated carbocycles. The SMILES string of the molecule is CCCOc1ccc(Cl)cc1NC(=O)CCC(C)CN. The number of hydrogen-bond acceptors (Lipinski definition) is 3. The highest BCUT2D eigenvalue weighted by molar-refractivity contribution is 6.31. The van der Waals surface area contributed by atoms with E-state index in [0.717, 1.165) is 12.8 Å². The van der Waals surface area contributed by atoms with Crippen molar-refractivity contribution < 1.29 is 9.53 Å². The molecule has 0 aliphatic heterocycles. The Balaban J connectivity index is 2.64. The van der Waals surface area contributed by atoms with Gasteiger partial charge < -0.3 is 15.8 Å². The molecule has 0 fully saturated rings. The fourth-order valence-electron chi connectivity index (χ4n) is 1.65. The Labute approximate surface area is 125 Å². The Morgan fingerprint density at radius 3 is 2.90 bits per heavy atom. The molecule has 1 aromatic rings. The smallest absolute Gasteiger partial charge is 0.224 e. The lowest BCUT2D eigenvalue weighted by molar-refractivity contribution is -0.116. The molecule has 0 saturated heterocycles. The number of amides is 1. The number of nitrogens with two attached hydrogens (primary N) is 1. The van der Waals surface area contributed by atoms with E-state index >= 15 is 0 Å². The molecule has 0 radical (unpaired) electrons. The van der Waals surface area contributed by atoms with E-state index in [1.807, 2.05) is 13.8 Å². The second-order valence-electron chi connectivity index (χ2n) is 4.92. The zero-order valence-corrected chi connectivity index (χ0v) is 12.9. The third-order valence-corrected chi connectivity index (χ3v) is 3.18. The Morgan fingerprint density at radius 2 is 2.25 bits per heavy atom. The highest BCUT2D eigenvalue weighted by Gasteiger charge is 2.10. The maximum atomic E-state index is 11.9. The van der Waals surface area contributed by atoms with Gasteiger partial charge in [-0.15, -0.1) is 0 Å². The highest BCUT2D eigenvalue weighted by Crippen LogP contribution is 2.28. The van der Waals surface area contributed by atoms with Crippen LogP contribution >= 0.6 is 11.6 Å². The van der Waals surface area contributed by atoms with Crippen molar-refractivity contribution in [1.29, 1.82) is 0 Å². The van der Waals surface area contributed by atoms with Crippen LogP contribution in [0, 0.1) is 5.92 Å². The number of hydrogen-bond donors (Lipinski definition) is 2. The lowest BCUT2D eigenvalue weighted by Crippen LogP contribution is -2.16. The summed E-state index contributed by atoms with van der Waals surface area (Å²) >= 11 is 5.96. The number of carbonyl (C=O) groups is 1. The average molecular weight is 299 g/mol. The third-order valence-electron chi connectivity index (χ3n) is 2.94. The molecule has 1 aromatic carbocycles. The summed E-state index contributed by atoms with van der Waals surface area (Å²) < 4.78 is 5.60. The summed E-state index contributed by atoms with van der Waals surface area (Å²) in [5.74, 6) is 0.946. The lowest BCUT2D eigenvalue weighted by atomic mass is 10.1. The maximum absolute atomic E-state index is 11.9. The predicted octanol–water partition coefficient (Wildman–Crippen LogP) is 3.44. The summed E-state index contributed by atoms with van der Waals surface area (Å²) in [6.07, 6.45) is 2.12. The van der Waals surface area contributed by atoms with Crippen molar-refractivity contribution in [3.8, 4) is 5.75 Å². The fraction of sp³-hybridized carbons (Fsp3) is 0.533. The number of rotatable bonds is 8. The van der Waals surface area contributed by atoms with Crippen LogP contribution in [0.3, 0.4) is 0 Å². The van der Waals surface area contributed by atoms with E-state index in [-0.39, 0.29) is 5.91 Å². The van der Waals surface area contributed by atoms with Crippen molar-refractivity contribution in [1.82, 2.24) is 0 Å². The molecule has 112 valence electrons. The highest BCUT2D eigenvalue weighted by atomic mass is 35.5. The van der Waals surface area contributed by atoms with Gasteiger partial charge in [0.15, 0.2) is 0 Å². The van der Waals surface area contributed by atoms with Gasteiger partial charge in [0.2, 0.25) is 5.91 Å². The van der Waals surface area contributed by atoms with E-state index in [1.165, 1.54) is 0 Å². The van der Waals surface area contributed by atoms with E-state index < -0.39 is 0 Å². The molecule has 1 amide bonds. The van der Waals surface area contributed by atoms with Crippen LogP contribution in [-0.2, 0) is 4.79 Å². The van der Waals surface area contributed by atoms with Gasteiger partial charge in [-0.1, -0.05) is 25.4 Å². The van der Waals surface area contributed by atoms with E-state index in [1.54, 1.807) is 18.2 Å². The van der Waals surface area contributed by atoms with Crippen LogP contribution in [-0.4, -0.2) is 19.1 Å². The minimum atomic E-state index is -0.0473. The topological polar surface area (TPSA) is 64.3 Å². The number of carbonyl (C=O) groups excluding carboxylic acids is 1. The third kappa shape index (κ3) is 5.80. The van der Waals surface area contributed by atoms with Gasteiger partial charge in [-0.25, -0.2) is 0 Å². The zero-order valence-electron chi connectivity index (χ0n) is 12.1. The minimum Gasteiger partial charge on any atom is -0.491 e. The summed E-state index contributed by atoms with van der Waals surface area (Å²) in [4.78, 5) is 11.9. The molecular weight excluding hydrogens is 276 g/mol. The number of nitrogens with one attached hydrogen (secondary N) is 1. The molecule has 0 aliphatic carbocycles. The number of anilines is 1. The molecule has 3 N–H and O–H groups in total. The summed E-state index contributed by atoms with van der Waals surface area (Å²) in [5, 5.41) is 3.42. The predicted molar refractivity (Wildman–Crippen MR) is 83.3 cm³/mol. The molecule has 5 heteroatoms. The van der Waals surface area contributed by atoms with Crippen LogP contribution < -0.4 is 15.8 Å². The summed E-state index contributed by atoms with van der Waals surface area (Å²) in [5.41, 5.74) is 6.16. The first kappa shape index (κ1) is 16.8. The summed E-state index contributed by atoms with van der Waals surface area (Å²) in [7, 11) is 0. The standard InChI is InChI=1S/C15H23ClN2O2/c1-3-8-20-14-6-5-12(16)9-13(14)18-15(19)7-4-11(2)10-17/h5-6,9,11H,3-4,7-8,10,17H2,1-2H3,(H,18,19). The molecule has 1 atom stereocenters. The lowest BCUT2D eigenvalue weighted by Gasteiger charge is -2.13. The molecule has 0 aromatic heterocycles. The van der Waals surface area contributed by atoms with Crippen molar-refractivity contribution in [3.63, 3.8) is 0 Å². The molecule has 0 spiro atoms.